The van der Waals surface area contributed by atoms with E-state index in [4.69, 9.17) is 9.97 Å². The summed E-state index contributed by atoms with van der Waals surface area (Å²) in [6.45, 7) is 9.10. The summed E-state index contributed by atoms with van der Waals surface area (Å²) in [5.41, 5.74) is 10.3. The molecule has 0 saturated heterocycles. The predicted molar refractivity (Wildman–Crippen MR) is 188 cm³/mol. The van der Waals surface area contributed by atoms with Crippen molar-refractivity contribution in [3.8, 4) is 11.4 Å². The Balaban J connectivity index is 1.42. The summed E-state index contributed by atoms with van der Waals surface area (Å²) in [5, 5.41) is 4.76. The summed E-state index contributed by atoms with van der Waals surface area (Å²) in [4.78, 5) is 12.3. The molecule has 4 aromatic rings. The number of hydrogen-bond acceptors (Lipinski definition) is 4. The van der Waals surface area contributed by atoms with Crippen molar-refractivity contribution in [2.24, 2.45) is 0 Å². The summed E-state index contributed by atoms with van der Waals surface area (Å²) in [6, 6.07) is 8.47. The SMILES string of the molecule is CCCCc1csc(/C=C/c2ccc(-c3ccc(/C=C/c4scc(CCCC)c4CCCC)cn3)nc2)c1CCCC. The number of pyridine rings is 2. The molecule has 0 aromatic carbocycles. The quantitative estimate of drug-likeness (QED) is 0.121. The van der Waals surface area contributed by atoms with Gasteiger partial charge in [-0.15, -0.1) is 22.7 Å². The monoisotopic (exact) mass is 596 g/mol. The maximum absolute atomic E-state index is 4.74. The van der Waals surface area contributed by atoms with E-state index in [1.807, 2.05) is 35.1 Å². The second kappa shape index (κ2) is 17.3. The molecule has 0 N–H and O–H groups in total. The van der Waals surface area contributed by atoms with E-state index in [-0.39, 0.29) is 0 Å². The van der Waals surface area contributed by atoms with Gasteiger partial charge in [-0.1, -0.05) is 77.7 Å². The molecule has 0 saturated carbocycles. The van der Waals surface area contributed by atoms with E-state index in [1.54, 1.807) is 22.3 Å². The Labute approximate surface area is 262 Å². The third-order valence-corrected chi connectivity index (χ3v) is 9.95. The molecular formula is C38H48N2S2. The van der Waals surface area contributed by atoms with Crippen LogP contribution < -0.4 is 0 Å². The molecular weight excluding hydrogens is 549 g/mol. The fraction of sp³-hybridized carbons (Fsp3) is 0.421. The minimum absolute atomic E-state index is 0.907. The van der Waals surface area contributed by atoms with Crippen LogP contribution in [0.15, 0.2) is 47.4 Å². The van der Waals surface area contributed by atoms with Crippen LogP contribution >= 0.6 is 22.7 Å². The first-order valence-corrected chi connectivity index (χ1v) is 17.9. The van der Waals surface area contributed by atoms with E-state index in [9.17, 15) is 0 Å². The molecule has 42 heavy (non-hydrogen) atoms. The van der Waals surface area contributed by atoms with Gasteiger partial charge in [0.25, 0.3) is 0 Å². The average Bonchev–Trinajstić information content (AvgIpc) is 3.61. The van der Waals surface area contributed by atoms with Gasteiger partial charge in [-0.3, -0.25) is 9.97 Å². The van der Waals surface area contributed by atoms with Crippen LogP contribution in [0.2, 0.25) is 0 Å². The summed E-state index contributed by atoms with van der Waals surface area (Å²) >= 11 is 3.77. The highest BCUT2D eigenvalue weighted by molar-refractivity contribution is 7.11. The standard InChI is InChI=1S/C38H48N2S2/c1-5-9-13-31-27-41-37(33(31)15-11-7-3)23-19-29-17-21-35(39-25-29)36-22-18-30(26-40-36)20-24-38-34(16-12-8-4)32(28-42-38)14-10-6-2/h17-28H,5-16H2,1-4H3/b23-19+,24-20+. The molecule has 2 nitrogen and oxygen atoms in total. The number of hydrogen-bond donors (Lipinski definition) is 0. The highest BCUT2D eigenvalue weighted by Crippen LogP contribution is 2.30. The van der Waals surface area contributed by atoms with Gasteiger partial charge in [0.15, 0.2) is 0 Å². The molecule has 4 aromatic heterocycles. The average molecular weight is 597 g/mol. The number of rotatable bonds is 17. The lowest BCUT2D eigenvalue weighted by atomic mass is 10.00. The van der Waals surface area contributed by atoms with Gasteiger partial charge in [0.2, 0.25) is 0 Å². The normalized spacial score (nSPS) is 11.8. The van der Waals surface area contributed by atoms with Crippen LogP contribution in [-0.4, -0.2) is 9.97 Å². The Morgan fingerprint density at radius 3 is 1.29 bits per heavy atom. The number of unbranched alkanes of at least 4 members (excludes halogenated alkanes) is 4. The molecule has 0 radical (unpaired) electrons. The van der Waals surface area contributed by atoms with Crippen LogP contribution in [0.25, 0.3) is 35.7 Å². The fourth-order valence-corrected chi connectivity index (χ4v) is 7.34. The molecule has 0 amide bonds. The number of aryl methyl sites for hydroxylation is 2. The molecule has 0 fully saturated rings. The van der Waals surface area contributed by atoms with Gasteiger partial charge < -0.3 is 0 Å². The minimum Gasteiger partial charge on any atom is -0.254 e. The van der Waals surface area contributed by atoms with E-state index in [0.29, 0.717) is 0 Å². The smallest absolute Gasteiger partial charge is 0.0886 e. The van der Waals surface area contributed by atoms with Gasteiger partial charge in [-0.2, -0.15) is 0 Å². The van der Waals surface area contributed by atoms with Crippen molar-refractivity contribution < 1.29 is 0 Å². The van der Waals surface area contributed by atoms with Crippen molar-refractivity contribution in [2.75, 3.05) is 0 Å². The van der Waals surface area contributed by atoms with Gasteiger partial charge >= 0.3 is 0 Å². The molecule has 0 aliphatic heterocycles. The highest BCUT2D eigenvalue weighted by atomic mass is 32.1. The minimum atomic E-state index is 0.907. The van der Waals surface area contributed by atoms with E-state index < -0.39 is 0 Å². The molecule has 222 valence electrons. The van der Waals surface area contributed by atoms with Crippen molar-refractivity contribution in [1.82, 2.24) is 9.97 Å². The van der Waals surface area contributed by atoms with Gasteiger partial charge in [-0.05, 0) is 120 Å². The lowest BCUT2D eigenvalue weighted by Gasteiger charge is -2.05. The second-order valence-electron chi connectivity index (χ2n) is 11.2. The lowest BCUT2D eigenvalue weighted by Crippen LogP contribution is -1.92. The summed E-state index contributed by atoms with van der Waals surface area (Å²) in [7, 11) is 0. The first-order valence-electron chi connectivity index (χ1n) is 16.1. The Morgan fingerprint density at radius 2 is 0.929 bits per heavy atom. The first kappa shape index (κ1) is 32.1. The molecule has 0 bridgehead atoms. The summed E-state index contributed by atoms with van der Waals surface area (Å²) in [6.07, 6.45) is 27.7. The second-order valence-corrected chi connectivity index (χ2v) is 13.1. The number of thiophene rings is 2. The maximum atomic E-state index is 4.74. The van der Waals surface area contributed by atoms with Gasteiger partial charge in [0.05, 0.1) is 11.4 Å². The zero-order chi connectivity index (χ0) is 29.6. The van der Waals surface area contributed by atoms with Crippen LogP contribution in [0.3, 0.4) is 0 Å². The Kier molecular flexibility index (Phi) is 13.2. The third-order valence-electron chi connectivity index (χ3n) is 7.88. The highest BCUT2D eigenvalue weighted by Gasteiger charge is 2.11. The summed E-state index contributed by atoms with van der Waals surface area (Å²) in [5.74, 6) is 0. The van der Waals surface area contributed by atoms with E-state index >= 15 is 0 Å². The molecule has 0 spiro atoms. The fourth-order valence-electron chi connectivity index (χ4n) is 5.23. The van der Waals surface area contributed by atoms with E-state index in [1.165, 1.54) is 86.8 Å². The third kappa shape index (κ3) is 9.09. The predicted octanol–water partition coefficient (Wildman–Crippen LogP) is 12.0. The lowest BCUT2D eigenvalue weighted by molar-refractivity contribution is 0.761. The molecule has 4 rings (SSSR count). The first-order chi connectivity index (χ1) is 20.7. The van der Waals surface area contributed by atoms with Crippen molar-refractivity contribution >= 4 is 47.0 Å². The van der Waals surface area contributed by atoms with Crippen molar-refractivity contribution in [2.45, 2.75) is 105 Å². The zero-order valence-corrected chi connectivity index (χ0v) is 27.8. The van der Waals surface area contributed by atoms with Crippen LogP contribution in [-0.2, 0) is 25.7 Å². The molecule has 4 heterocycles. The largest absolute Gasteiger partial charge is 0.254 e. The molecule has 0 atom stereocenters. The van der Waals surface area contributed by atoms with Crippen molar-refractivity contribution in [1.29, 1.82) is 0 Å². The van der Waals surface area contributed by atoms with E-state index in [2.05, 4.69) is 87.0 Å². The zero-order valence-electron chi connectivity index (χ0n) is 26.1. The molecule has 0 unspecified atom stereocenters. The Bertz CT molecular complexity index is 1290. The van der Waals surface area contributed by atoms with Crippen LogP contribution in [0.4, 0.5) is 0 Å². The topological polar surface area (TPSA) is 25.8 Å². The van der Waals surface area contributed by atoms with Crippen molar-refractivity contribution in [3.63, 3.8) is 0 Å². The Hall–Kier alpha value is -2.82. The number of aromatic nitrogens is 2. The van der Waals surface area contributed by atoms with Crippen LogP contribution in [0.5, 0.6) is 0 Å². The van der Waals surface area contributed by atoms with Gasteiger partial charge in [0.1, 0.15) is 0 Å². The van der Waals surface area contributed by atoms with Gasteiger partial charge in [-0.25, -0.2) is 0 Å². The van der Waals surface area contributed by atoms with Crippen molar-refractivity contribution in [3.05, 3.63) is 90.6 Å². The molecule has 0 aliphatic carbocycles. The number of nitrogens with zero attached hydrogens (tertiary/aromatic N) is 2. The molecule has 0 aliphatic rings. The summed E-state index contributed by atoms with van der Waals surface area (Å²) < 4.78 is 0. The van der Waals surface area contributed by atoms with Crippen LogP contribution in [0.1, 0.15) is 122 Å². The van der Waals surface area contributed by atoms with E-state index in [0.717, 1.165) is 22.5 Å². The van der Waals surface area contributed by atoms with Gasteiger partial charge in [0, 0.05) is 22.1 Å². The van der Waals surface area contributed by atoms with Crippen LogP contribution in [0, 0.1) is 0 Å². The maximum Gasteiger partial charge on any atom is 0.0886 e. The molecule has 4 heteroatoms. The Morgan fingerprint density at radius 1 is 0.524 bits per heavy atom.